The van der Waals surface area contributed by atoms with Crippen molar-refractivity contribution in [2.45, 2.75) is 33.2 Å². The van der Waals surface area contributed by atoms with Gasteiger partial charge < -0.3 is 10.1 Å². The highest BCUT2D eigenvalue weighted by Gasteiger charge is 2.34. The zero-order valence-corrected chi connectivity index (χ0v) is 18.3. The Balaban J connectivity index is 2.55. The van der Waals surface area contributed by atoms with Crippen LogP contribution in [0.1, 0.15) is 24.5 Å². The number of ether oxygens (including phenoxy) is 1. The molecule has 1 atom stereocenters. The topological polar surface area (TPSA) is 119 Å². The maximum Gasteiger partial charge on any atom is 0.271 e. The Morgan fingerprint density at radius 3 is 2.40 bits per heavy atom. The molecule has 9 nitrogen and oxygen atoms in total. The molecule has 30 heavy (non-hydrogen) atoms. The molecule has 0 saturated heterocycles. The molecule has 2 aromatic carbocycles. The van der Waals surface area contributed by atoms with Crippen molar-refractivity contribution in [3.05, 3.63) is 57.6 Å². The number of hydrogen-bond donors (Lipinski definition) is 1. The van der Waals surface area contributed by atoms with Gasteiger partial charge in [-0.15, -0.1) is 0 Å². The monoisotopic (exact) mass is 435 g/mol. The van der Waals surface area contributed by atoms with Crippen LogP contribution in [0.2, 0.25) is 0 Å². The summed E-state index contributed by atoms with van der Waals surface area (Å²) in [4.78, 5) is 23.7. The lowest BCUT2D eigenvalue weighted by atomic mass is 10.1. The largest absolute Gasteiger partial charge is 0.495 e. The molecule has 0 aliphatic rings. The summed E-state index contributed by atoms with van der Waals surface area (Å²) < 4.78 is 31.4. The molecule has 0 aliphatic carbocycles. The lowest BCUT2D eigenvalue weighted by Gasteiger charge is -2.31. The number of anilines is 2. The fourth-order valence-corrected chi connectivity index (χ4v) is 4.38. The van der Waals surface area contributed by atoms with Crippen molar-refractivity contribution < 1.29 is 22.9 Å². The quantitative estimate of drug-likeness (QED) is 0.501. The number of amides is 1. The first-order chi connectivity index (χ1) is 14.0. The third-order valence-corrected chi connectivity index (χ3v) is 5.75. The van der Waals surface area contributed by atoms with Gasteiger partial charge in [-0.05, 0) is 38.0 Å². The van der Waals surface area contributed by atoms with Crippen molar-refractivity contribution in [3.8, 4) is 5.75 Å². The molecular weight excluding hydrogens is 410 g/mol. The molecule has 2 rings (SSSR count). The van der Waals surface area contributed by atoms with Gasteiger partial charge in [0.1, 0.15) is 17.5 Å². The summed E-state index contributed by atoms with van der Waals surface area (Å²) in [5, 5.41) is 14.0. The van der Waals surface area contributed by atoms with Crippen molar-refractivity contribution in [1.29, 1.82) is 0 Å². The van der Waals surface area contributed by atoms with Gasteiger partial charge >= 0.3 is 0 Å². The van der Waals surface area contributed by atoms with E-state index in [1.54, 1.807) is 13.0 Å². The molecule has 1 N–H and O–H groups in total. The Morgan fingerprint density at radius 1 is 1.23 bits per heavy atom. The molecule has 0 fully saturated rings. The molecule has 0 bridgehead atoms. The van der Waals surface area contributed by atoms with Crippen LogP contribution in [0.15, 0.2) is 36.4 Å². The van der Waals surface area contributed by atoms with E-state index >= 15 is 0 Å². The summed E-state index contributed by atoms with van der Waals surface area (Å²) in [6, 6.07) is 7.94. The second kappa shape index (κ2) is 9.12. The van der Waals surface area contributed by atoms with Gasteiger partial charge in [0.15, 0.2) is 0 Å². The number of benzene rings is 2. The SMILES string of the molecule is CC[C@H](C(=O)Nc1ccc(C)cc1C)N(c1cc([N+](=O)[O-])ccc1OC)S(C)(=O)=O. The molecule has 0 saturated carbocycles. The lowest BCUT2D eigenvalue weighted by molar-refractivity contribution is -0.384. The number of methoxy groups -OCH3 is 1. The zero-order valence-electron chi connectivity index (χ0n) is 17.5. The molecule has 0 radical (unpaired) electrons. The fourth-order valence-electron chi connectivity index (χ4n) is 3.17. The van der Waals surface area contributed by atoms with Crippen LogP contribution in [-0.4, -0.2) is 38.7 Å². The van der Waals surface area contributed by atoms with Crippen molar-refractivity contribution in [2.24, 2.45) is 0 Å². The average Bonchev–Trinajstić information content (AvgIpc) is 2.66. The predicted molar refractivity (Wildman–Crippen MR) is 116 cm³/mol. The molecular formula is C20H25N3O6S. The Morgan fingerprint density at radius 2 is 1.90 bits per heavy atom. The van der Waals surface area contributed by atoms with E-state index in [1.165, 1.54) is 19.2 Å². The van der Waals surface area contributed by atoms with E-state index in [0.717, 1.165) is 27.8 Å². The molecule has 0 heterocycles. The summed E-state index contributed by atoms with van der Waals surface area (Å²) in [5.41, 5.74) is 2.03. The molecule has 0 aliphatic heterocycles. The Labute approximate surface area is 175 Å². The predicted octanol–water partition coefficient (Wildman–Crippen LogP) is 3.40. The van der Waals surface area contributed by atoms with E-state index in [0.29, 0.717) is 5.69 Å². The van der Waals surface area contributed by atoms with E-state index in [4.69, 9.17) is 4.74 Å². The van der Waals surface area contributed by atoms with Gasteiger partial charge in [0.25, 0.3) is 5.69 Å². The summed E-state index contributed by atoms with van der Waals surface area (Å²) in [6.07, 6.45) is 1.08. The van der Waals surface area contributed by atoms with Gasteiger partial charge in [-0.1, -0.05) is 24.6 Å². The van der Waals surface area contributed by atoms with Gasteiger partial charge in [0, 0.05) is 17.8 Å². The molecule has 162 valence electrons. The van der Waals surface area contributed by atoms with Gasteiger partial charge in [0.2, 0.25) is 15.9 Å². The number of non-ortho nitro benzene ring substituents is 1. The van der Waals surface area contributed by atoms with Crippen molar-refractivity contribution in [2.75, 3.05) is 23.0 Å². The van der Waals surface area contributed by atoms with Crippen LogP contribution in [0.4, 0.5) is 17.1 Å². The minimum atomic E-state index is -3.99. The van der Waals surface area contributed by atoms with Crippen LogP contribution in [0, 0.1) is 24.0 Å². The van der Waals surface area contributed by atoms with Crippen LogP contribution in [-0.2, 0) is 14.8 Å². The second-order valence-electron chi connectivity index (χ2n) is 6.90. The Hall–Kier alpha value is -3.14. The zero-order chi connectivity index (χ0) is 22.6. The van der Waals surface area contributed by atoms with Gasteiger partial charge in [0.05, 0.1) is 18.3 Å². The summed E-state index contributed by atoms with van der Waals surface area (Å²) >= 11 is 0. The van der Waals surface area contributed by atoms with Gasteiger partial charge in [-0.25, -0.2) is 8.42 Å². The number of nitrogens with one attached hydrogen (secondary N) is 1. The first kappa shape index (κ1) is 23.1. The van der Waals surface area contributed by atoms with Crippen LogP contribution < -0.4 is 14.4 Å². The number of carbonyl (C=O) groups excluding carboxylic acids is 1. The number of hydrogen-bond acceptors (Lipinski definition) is 6. The van der Waals surface area contributed by atoms with E-state index in [2.05, 4.69) is 5.32 Å². The number of aryl methyl sites for hydroxylation is 2. The molecule has 0 spiro atoms. The minimum Gasteiger partial charge on any atom is -0.495 e. The van der Waals surface area contributed by atoms with Crippen molar-refractivity contribution >= 4 is 33.0 Å². The lowest BCUT2D eigenvalue weighted by Crippen LogP contribution is -2.47. The normalized spacial score (nSPS) is 12.2. The standard InChI is InChI=1S/C20H25N3O6S/c1-6-17(20(24)21-16-9-7-13(2)11-14(16)3)22(30(5,27)28)18-12-15(23(25)26)8-10-19(18)29-4/h7-12,17H,6H2,1-5H3,(H,21,24)/t17-/m1/s1. The van der Waals surface area contributed by atoms with Gasteiger partial charge in [-0.2, -0.15) is 0 Å². The van der Waals surface area contributed by atoms with Crippen LogP contribution in [0.3, 0.4) is 0 Å². The van der Waals surface area contributed by atoms with Crippen LogP contribution in [0.5, 0.6) is 5.75 Å². The Bertz CT molecular complexity index is 1070. The first-order valence-corrected chi connectivity index (χ1v) is 11.0. The van der Waals surface area contributed by atoms with Crippen molar-refractivity contribution in [1.82, 2.24) is 0 Å². The number of nitro groups is 1. The van der Waals surface area contributed by atoms with E-state index in [9.17, 15) is 23.3 Å². The first-order valence-electron chi connectivity index (χ1n) is 9.19. The van der Waals surface area contributed by atoms with E-state index in [1.807, 2.05) is 26.0 Å². The van der Waals surface area contributed by atoms with E-state index in [-0.39, 0.29) is 23.5 Å². The molecule has 0 unspecified atom stereocenters. The maximum absolute atomic E-state index is 13.1. The van der Waals surface area contributed by atoms with E-state index < -0.39 is 26.9 Å². The fraction of sp³-hybridized carbons (Fsp3) is 0.350. The third-order valence-electron chi connectivity index (χ3n) is 4.58. The minimum absolute atomic E-state index is 0.0724. The maximum atomic E-state index is 13.1. The van der Waals surface area contributed by atoms with Crippen molar-refractivity contribution in [3.63, 3.8) is 0 Å². The average molecular weight is 436 g/mol. The Kier molecular flexibility index (Phi) is 7.04. The van der Waals surface area contributed by atoms with Gasteiger partial charge in [-0.3, -0.25) is 19.2 Å². The highest BCUT2D eigenvalue weighted by molar-refractivity contribution is 7.92. The molecule has 0 aromatic heterocycles. The number of carbonyl (C=O) groups is 1. The smallest absolute Gasteiger partial charge is 0.271 e. The number of nitro benzene ring substituents is 1. The second-order valence-corrected chi connectivity index (χ2v) is 8.76. The number of nitrogens with zero attached hydrogens (tertiary/aromatic N) is 2. The summed E-state index contributed by atoms with van der Waals surface area (Å²) in [6.45, 7) is 5.42. The number of sulfonamides is 1. The summed E-state index contributed by atoms with van der Waals surface area (Å²) in [7, 11) is -2.67. The van der Waals surface area contributed by atoms with Crippen LogP contribution >= 0.6 is 0 Å². The highest BCUT2D eigenvalue weighted by atomic mass is 32.2. The van der Waals surface area contributed by atoms with Crippen LogP contribution in [0.25, 0.3) is 0 Å². The highest BCUT2D eigenvalue weighted by Crippen LogP contribution is 2.36. The number of rotatable bonds is 8. The molecule has 1 amide bonds. The summed E-state index contributed by atoms with van der Waals surface area (Å²) in [5.74, 6) is -0.452. The molecule has 2 aromatic rings. The third kappa shape index (κ3) is 5.07. The molecule has 10 heteroatoms.